The highest BCUT2D eigenvalue weighted by molar-refractivity contribution is 5.76. The highest BCUT2D eigenvalue weighted by Gasteiger charge is 2.18. The molecule has 2 rings (SSSR count). The van der Waals surface area contributed by atoms with Crippen molar-refractivity contribution < 1.29 is 9.90 Å². The fourth-order valence-corrected chi connectivity index (χ4v) is 2.75. The Morgan fingerprint density at radius 1 is 1.29 bits per heavy atom. The number of hydrogen-bond donors (Lipinski definition) is 2. The second-order valence-electron chi connectivity index (χ2n) is 5.56. The molecule has 0 atom stereocenters. The lowest BCUT2D eigenvalue weighted by molar-refractivity contribution is -0.122. The Morgan fingerprint density at radius 3 is 2.81 bits per heavy atom. The lowest BCUT2D eigenvalue weighted by Gasteiger charge is -2.10. The summed E-state index contributed by atoms with van der Waals surface area (Å²) in [6, 6.07) is 7.82. The van der Waals surface area contributed by atoms with Crippen LogP contribution in [0.1, 0.15) is 49.7 Å². The molecule has 0 radical (unpaired) electrons. The van der Waals surface area contributed by atoms with Crippen molar-refractivity contribution in [2.45, 2.75) is 45.1 Å². The van der Waals surface area contributed by atoms with E-state index in [9.17, 15) is 4.79 Å². The molecule has 0 spiro atoms. The van der Waals surface area contributed by atoms with Crippen LogP contribution < -0.4 is 5.32 Å². The molecule has 0 aliphatic heterocycles. The lowest BCUT2D eigenvalue weighted by Crippen LogP contribution is -2.24. The minimum absolute atomic E-state index is 0.0767. The number of aliphatic hydroxyl groups excluding tert-OH is 1. The Kier molecular flexibility index (Phi) is 6.30. The third kappa shape index (κ3) is 5.24. The third-order valence-electron chi connectivity index (χ3n) is 3.90. The zero-order chi connectivity index (χ0) is 14.9. The number of carbonyl (C=O) groups is 1. The highest BCUT2D eigenvalue weighted by Crippen LogP contribution is 2.27. The van der Waals surface area contributed by atoms with Crippen molar-refractivity contribution in [1.82, 2.24) is 5.32 Å². The highest BCUT2D eigenvalue weighted by atomic mass is 16.2. The molecule has 3 nitrogen and oxygen atoms in total. The van der Waals surface area contributed by atoms with Crippen LogP contribution in [-0.4, -0.2) is 17.6 Å². The number of hydrogen-bond acceptors (Lipinski definition) is 2. The Hall–Kier alpha value is -1.79. The van der Waals surface area contributed by atoms with Gasteiger partial charge in [-0.1, -0.05) is 42.9 Å². The molecule has 1 aliphatic carbocycles. The largest absolute Gasteiger partial charge is 0.395 e. The Bertz CT molecular complexity index is 522. The molecule has 21 heavy (non-hydrogen) atoms. The average Bonchev–Trinajstić information content (AvgIpc) is 2.99. The molecule has 1 fully saturated rings. The first-order valence-electron chi connectivity index (χ1n) is 7.74. The smallest absolute Gasteiger partial charge is 0.220 e. The summed E-state index contributed by atoms with van der Waals surface area (Å²) in [6.45, 7) is 0.600. The normalized spacial score (nSPS) is 14.5. The molecule has 0 bridgehead atoms. The van der Waals surface area contributed by atoms with E-state index >= 15 is 0 Å². The summed E-state index contributed by atoms with van der Waals surface area (Å²) >= 11 is 0. The van der Waals surface area contributed by atoms with E-state index in [4.69, 9.17) is 5.11 Å². The Labute approximate surface area is 126 Å². The first-order valence-corrected chi connectivity index (χ1v) is 7.74. The molecule has 1 aliphatic rings. The van der Waals surface area contributed by atoms with Gasteiger partial charge in [0, 0.05) is 24.9 Å². The van der Waals surface area contributed by atoms with Crippen LogP contribution in [0.3, 0.4) is 0 Å². The number of carbonyl (C=O) groups excluding carboxylic acids is 1. The summed E-state index contributed by atoms with van der Waals surface area (Å²) in [5.74, 6) is 6.69. The van der Waals surface area contributed by atoms with E-state index in [-0.39, 0.29) is 12.5 Å². The van der Waals surface area contributed by atoms with E-state index in [0.717, 1.165) is 11.1 Å². The van der Waals surface area contributed by atoms with Crippen LogP contribution in [0.15, 0.2) is 24.3 Å². The Morgan fingerprint density at radius 2 is 2.05 bits per heavy atom. The quantitative estimate of drug-likeness (QED) is 0.817. The number of aliphatic hydroxyl groups is 1. The van der Waals surface area contributed by atoms with Gasteiger partial charge >= 0.3 is 0 Å². The molecule has 1 aromatic rings. The van der Waals surface area contributed by atoms with Gasteiger partial charge in [0.15, 0.2) is 0 Å². The van der Waals surface area contributed by atoms with E-state index in [0.29, 0.717) is 25.3 Å². The summed E-state index contributed by atoms with van der Waals surface area (Å²) in [4.78, 5) is 12.0. The van der Waals surface area contributed by atoms with Crippen molar-refractivity contribution in [2.24, 2.45) is 5.92 Å². The van der Waals surface area contributed by atoms with Crippen LogP contribution >= 0.6 is 0 Å². The minimum atomic E-state index is 0.0767. The van der Waals surface area contributed by atoms with Gasteiger partial charge in [0.25, 0.3) is 0 Å². The molecule has 3 heteroatoms. The third-order valence-corrected chi connectivity index (χ3v) is 3.90. The summed E-state index contributed by atoms with van der Waals surface area (Å²) in [5.41, 5.74) is 1.95. The number of benzene rings is 1. The summed E-state index contributed by atoms with van der Waals surface area (Å²) in [6.07, 6.45) is 6.04. The first-order chi connectivity index (χ1) is 10.3. The van der Waals surface area contributed by atoms with Gasteiger partial charge in [-0.25, -0.2) is 0 Å². The van der Waals surface area contributed by atoms with Crippen molar-refractivity contribution in [1.29, 1.82) is 0 Å². The zero-order valence-corrected chi connectivity index (χ0v) is 12.4. The zero-order valence-electron chi connectivity index (χ0n) is 12.4. The van der Waals surface area contributed by atoms with Crippen LogP contribution in [-0.2, 0) is 11.3 Å². The number of rotatable bonds is 5. The molecule has 0 unspecified atom stereocenters. The summed E-state index contributed by atoms with van der Waals surface area (Å²) < 4.78 is 0. The molecule has 1 saturated carbocycles. The molecule has 2 N–H and O–H groups in total. The van der Waals surface area contributed by atoms with Gasteiger partial charge < -0.3 is 10.4 Å². The minimum Gasteiger partial charge on any atom is -0.395 e. The van der Waals surface area contributed by atoms with Crippen molar-refractivity contribution in [2.75, 3.05) is 6.61 Å². The molecular formula is C18H23NO2. The van der Waals surface area contributed by atoms with Crippen LogP contribution in [0, 0.1) is 17.8 Å². The summed E-state index contributed by atoms with van der Waals surface area (Å²) in [5, 5.41) is 11.8. The molecule has 0 saturated heterocycles. The predicted molar refractivity (Wildman–Crippen MR) is 83.4 cm³/mol. The SMILES string of the molecule is O=C(CC1CCCC1)NCc1ccccc1C#CCCO. The maximum atomic E-state index is 12.0. The van der Waals surface area contributed by atoms with Crippen molar-refractivity contribution in [3.63, 3.8) is 0 Å². The van der Waals surface area contributed by atoms with Gasteiger partial charge in [-0.15, -0.1) is 0 Å². The van der Waals surface area contributed by atoms with Crippen LogP contribution in [0.2, 0.25) is 0 Å². The van der Waals surface area contributed by atoms with Crippen molar-refractivity contribution in [3.8, 4) is 11.8 Å². The van der Waals surface area contributed by atoms with E-state index in [1.165, 1.54) is 25.7 Å². The van der Waals surface area contributed by atoms with Gasteiger partial charge in [0.05, 0.1) is 6.61 Å². The second-order valence-corrected chi connectivity index (χ2v) is 5.56. The lowest BCUT2D eigenvalue weighted by atomic mass is 10.0. The van der Waals surface area contributed by atoms with Crippen LogP contribution in [0.4, 0.5) is 0 Å². The van der Waals surface area contributed by atoms with Gasteiger partial charge in [0.1, 0.15) is 0 Å². The van der Waals surface area contributed by atoms with Gasteiger partial charge in [-0.05, 0) is 30.4 Å². The molecule has 0 aromatic heterocycles. The molecule has 1 amide bonds. The Balaban J connectivity index is 1.87. The molecule has 0 heterocycles. The topological polar surface area (TPSA) is 49.3 Å². The first kappa shape index (κ1) is 15.6. The number of amides is 1. The van der Waals surface area contributed by atoms with Crippen molar-refractivity contribution >= 4 is 5.91 Å². The van der Waals surface area contributed by atoms with E-state index in [1.54, 1.807) is 0 Å². The van der Waals surface area contributed by atoms with Crippen LogP contribution in [0.25, 0.3) is 0 Å². The monoisotopic (exact) mass is 285 g/mol. The standard InChI is InChI=1S/C18H23NO2/c20-12-6-5-10-16-9-3-4-11-17(16)14-19-18(21)13-15-7-1-2-8-15/h3-4,9,11,15,20H,1-2,6-8,12-14H2,(H,19,21). The second kappa shape index (κ2) is 8.49. The molecular weight excluding hydrogens is 262 g/mol. The fraction of sp³-hybridized carbons (Fsp3) is 0.500. The fourth-order valence-electron chi connectivity index (χ4n) is 2.75. The van der Waals surface area contributed by atoms with E-state index in [2.05, 4.69) is 17.2 Å². The van der Waals surface area contributed by atoms with Gasteiger partial charge in [-0.3, -0.25) is 4.79 Å². The molecule has 1 aromatic carbocycles. The number of nitrogens with one attached hydrogen (secondary N) is 1. The maximum Gasteiger partial charge on any atom is 0.220 e. The van der Waals surface area contributed by atoms with Gasteiger partial charge in [0.2, 0.25) is 5.91 Å². The summed E-state index contributed by atoms with van der Waals surface area (Å²) in [7, 11) is 0. The van der Waals surface area contributed by atoms with E-state index < -0.39 is 0 Å². The van der Waals surface area contributed by atoms with Crippen molar-refractivity contribution in [3.05, 3.63) is 35.4 Å². The van der Waals surface area contributed by atoms with Crippen LogP contribution in [0.5, 0.6) is 0 Å². The van der Waals surface area contributed by atoms with Gasteiger partial charge in [-0.2, -0.15) is 0 Å². The van der Waals surface area contributed by atoms with E-state index in [1.807, 2.05) is 24.3 Å². The maximum absolute atomic E-state index is 12.0. The average molecular weight is 285 g/mol. The molecule has 112 valence electrons. The predicted octanol–water partition coefficient (Wildman–Crippen LogP) is 2.62.